The summed E-state index contributed by atoms with van der Waals surface area (Å²) in [6, 6.07) is 4.68. The Hall–Kier alpha value is -3.14. The molecule has 134 valence electrons. The van der Waals surface area contributed by atoms with Gasteiger partial charge in [-0.05, 0) is 30.3 Å². The van der Waals surface area contributed by atoms with Crippen molar-refractivity contribution in [2.45, 2.75) is 5.92 Å². The molecule has 3 N–H and O–H groups in total. The number of amides is 2. The first-order valence-corrected chi connectivity index (χ1v) is 7.95. The maximum atomic E-state index is 14.2. The Morgan fingerprint density at radius 3 is 2.54 bits per heavy atom. The van der Waals surface area contributed by atoms with Crippen LogP contribution in [0.25, 0.3) is 11.5 Å². The molecule has 2 amide bonds. The Balaban J connectivity index is 1.76. The number of alkyl halides is 2. The fourth-order valence-corrected chi connectivity index (χ4v) is 2.70. The summed E-state index contributed by atoms with van der Waals surface area (Å²) in [4.78, 5) is 26.9. The van der Waals surface area contributed by atoms with Gasteiger partial charge < -0.3 is 10.2 Å². The van der Waals surface area contributed by atoms with E-state index < -0.39 is 29.1 Å². The molecule has 2 heterocycles. The molecule has 0 saturated heterocycles. The number of hydrogen-bond acceptors (Lipinski definition) is 5. The van der Waals surface area contributed by atoms with Crippen molar-refractivity contribution in [1.82, 2.24) is 4.98 Å². The van der Waals surface area contributed by atoms with Crippen molar-refractivity contribution in [2.75, 3.05) is 5.32 Å². The van der Waals surface area contributed by atoms with Gasteiger partial charge in [-0.15, -0.1) is 11.3 Å². The van der Waals surface area contributed by atoms with Gasteiger partial charge in [0, 0.05) is 10.9 Å². The number of rotatable bonds is 5. The third kappa shape index (κ3) is 3.45. The molecule has 3 rings (SSSR count). The van der Waals surface area contributed by atoms with Crippen molar-refractivity contribution in [3.63, 3.8) is 0 Å². The highest BCUT2D eigenvalue weighted by Crippen LogP contribution is 2.31. The lowest BCUT2D eigenvalue weighted by Gasteiger charge is -2.15. The molecule has 6 nitrogen and oxygen atoms in total. The Labute approximate surface area is 148 Å². The van der Waals surface area contributed by atoms with E-state index in [0.717, 1.165) is 41.9 Å². The predicted octanol–water partition coefficient (Wildman–Crippen LogP) is 3.37. The molecule has 0 radical (unpaired) electrons. The van der Waals surface area contributed by atoms with Gasteiger partial charge in [0.15, 0.2) is 10.9 Å². The lowest BCUT2D eigenvalue weighted by Crippen LogP contribution is -2.32. The molecule has 0 fully saturated rings. The van der Waals surface area contributed by atoms with Crippen molar-refractivity contribution >= 4 is 28.3 Å². The minimum absolute atomic E-state index is 0.0937. The molecule has 0 saturated carbocycles. The standard InChI is InChI=1S/C16H10F3N3O3S/c17-10-3-1-9(2-4-10)16(18,19)14(24)22-15-21-11(7-26-15)12-5-8(6-25-12)13(20)23/h1-7H,(H2,20,23)(H,21,22,24). The molecule has 3 aromatic rings. The monoisotopic (exact) mass is 381 g/mol. The van der Waals surface area contributed by atoms with Crippen LogP contribution < -0.4 is 11.1 Å². The maximum Gasteiger partial charge on any atom is 0.350 e. The van der Waals surface area contributed by atoms with Crippen LogP contribution in [0.2, 0.25) is 0 Å². The van der Waals surface area contributed by atoms with E-state index in [4.69, 9.17) is 10.2 Å². The van der Waals surface area contributed by atoms with Crippen LogP contribution in [-0.2, 0) is 10.7 Å². The zero-order chi connectivity index (χ0) is 18.9. The highest BCUT2D eigenvalue weighted by atomic mass is 32.1. The Morgan fingerprint density at radius 2 is 1.92 bits per heavy atom. The molecular weight excluding hydrogens is 371 g/mol. The summed E-state index contributed by atoms with van der Waals surface area (Å²) in [5, 5.41) is 3.37. The van der Waals surface area contributed by atoms with Gasteiger partial charge in [0.25, 0.3) is 5.91 Å². The van der Waals surface area contributed by atoms with Crippen LogP contribution in [0, 0.1) is 5.82 Å². The zero-order valence-corrected chi connectivity index (χ0v) is 13.6. The van der Waals surface area contributed by atoms with Crippen molar-refractivity contribution in [3.8, 4) is 11.5 Å². The summed E-state index contributed by atoms with van der Waals surface area (Å²) in [5.41, 5.74) is 4.83. The summed E-state index contributed by atoms with van der Waals surface area (Å²) < 4.78 is 46.3. The van der Waals surface area contributed by atoms with E-state index in [1.807, 2.05) is 5.32 Å². The average molecular weight is 381 g/mol. The van der Waals surface area contributed by atoms with Crippen LogP contribution in [0.3, 0.4) is 0 Å². The number of aromatic nitrogens is 1. The van der Waals surface area contributed by atoms with Crippen LogP contribution >= 0.6 is 11.3 Å². The molecule has 26 heavy (non-hydrogen) atoms. The van der Waals surface area contributed by atoms with Crippen LogP contribution in [0.1, 0.15) is 15.9 Å². The number of halogens is 3. The van der Waals surface area contributed by atoms with Gasteiger partial charge >= 0.3 is 11.8 Å². The molecule has 10 heteroatoms. The molecule has 0 aliphatic heterocycles. The van der Waals surface area contributed by atoms with Crippen molar-refractivity contribution < 1.29 is 27.2 Å². The number of carbonyl (C=O) groups is 2. The minimum atomic E-state index is -3.87. The van der Waals surface area contributed by atoms with Gasteiger partial charge in [-0.1, -0.05) is 0 Å². The van der Waals surface area contributed by atoms with Gasteiger partial charge in [0.1, 0.15) is 17.8 Å². The second-order valence-corrected chi connectivity index (χ2v) is 6.00. The summed E-state index contributed by atoms with van der Waals surface area (Å²) in [6.45, 7) is 0. The maximum absolute atomic E-state index is 14.2. The highest BCUT2D eigenvalue weighted by molar-refractivity contribution is 7.14. The van der Waals surface area contributed by atoms with Crippen LogP contribution in [0.5, 0.6) is 0 Å². The van der Waals surface area contributed by atoms with Crippen molar-refractivity contribution in [2.24, 2.45) is 5.73 Å². The Kier molecular flexibility index (Phi) is 4.51. The van der Waals surface area contributed by atoms with E-state index >= 15 is 0 Å². The number of thiazole rings is 1. The number of nitrogens with one attached hydrogen (secondary N) is 1. The van der Waals surface area contributed by atoms with E-state index in [0.29, 0.717) is 0 Å². The average Bonchev–Trinajstić information content (AvgIpc) is 3.24. The first kappa shape index (κ1) is 17.7. The van der Waals surface area contributed by atoms with Crippen LogP contribution in [0.4, 0.5) is 18.3 Å². The Morgan fingerprint density at radius 1 is 1.23 bits per heavy atom. The third-order valence-electron chi connectivity index (χ3n) is 3.35. The second kappa shape index (κ2) is 6.64. The number of hydrogen-bond donors (Lipinski definition) is 2. The van der Waals surface area contributed by atoms with E-state index in [1.165, 1.54) is 11.4 Å². The van der Waals surface area contributed by atoms with E-state index in [9.17, 15) is 22.8 Å². The largest absolute Gasteiger partial charge is 0.462 e. The molecule has 0 bridgehead atoms. The fraction of sp³-hybridized carbons (Fsp3) is 0.0625. The lowest BCUT2D eigenvalue weighted by atomic mass is 10.1. The zero-order valence-electron chi connectivity index (χ0n) is 12.8. The van der Waals surface area contributed by atoms with E-state index in [2.05, 4.69) is 4.98 Å². The van der Waals surface area contributed by atoms with Gasteiger partial charge in [0.05, 0.1) is 5.56 Å². The van der Waals surface area contributed by atoms with Crippen molar-refractivity contribution in [1.29, 1.82) is 0 Å². The molecule has 0 aliphatic carbocycles. The predicted molar refractivity (Wildman–Crippen MR) is 87.3 cm³/mol. The highest BCUT2D eigenvalue weighted by Gasteiger charge is 2.41. The summed E-state index contributed by atoms with van der Waals surface area (Å²) in [7, 11) is 0. The number of benzene rings is 1. The quantitative estimate of drug-likeness (QED) is 0.708. The first-order chi connectivity index (χ1) is 12.3. The van der Waals surface area contributed by atoms with Gasteiger partial charge in [-0.3, -0.25) is 14.9 Å². The minimum Gasteiger partial charge on any atom is -0.462 e. The molecular formula is C16H10F3N3O3S. The number of nitrogens with zero attached hydrogens (tertiary/aromatic N) is 1. The fourth-order valence-electron chi connectivity index (χ4n) is 2.01. The molecule has 0 aliphatic rings. The summed E-state index contributed by atoms with van der Waals surface area (Å²) >= 11 is 0.892. The van der Waals surface area contributed by atoms with Gasteiger partial charge in [-0.25, -0.2) is 9.37 Å². The topological polar surface area (TPSA) is 98.2 Å². The SMILES string of the molecule is NC(=O)c1coc(-c2csc(NC(=O)C(F)(F)c3ccc(F)cc3)n2)c1. The summed E-state index contributed by atoms with van der Waals surface area (Å²) in [6.07, 6.45) is 1.14. The smallest absolute Gasteiger partial charge is 0.350 e. The Bertz CT molecular complexity index is 967. The summed E-state index contributed by atoms with van der Waals surface area (Å²) in [5.74, 6) is -6.67. The van der Waals surface area contributed by atoms with Crippen LogP contribution in [0.15, 0.2) is 46.4 Å². The lowest BCUT2D eigenvalue weighted by molar-refractivity contribution is -0.140. The van der Waals surface area contributed by atoms with Gasteiger partial charge in [0.2, 0.25) is 0 Å². The number of furan rings is 1. The van der Waals surface area contributed by atoms with Crippen LogP contribution in [-0.4, -0.2) is 16.8 Å². The molecule has 2 aromatic heterocycles. The first-order valence-electron chi connectivity index (χ1n) is 7.07. The second-order valence-electron chi connectivity index (χ2n) is 5.14. The number of anilines is 1. The number of nitrogens with two attached hydrogens (primary N) is 1. The number of carbonyl (C=O) groups excluding carboxylic acids is 2. The molecule has 0 unspecified atom stereocenters. The molecule has 1 aromatic carbocycles. The van der Waals surface area contributed by atoms with Crippen molar-refractivity contribution in [3.05, 3.63) is 58.9 Å². The molecule has 0 spiro atoms. The normalized spacial score (nSPS) is 11.3. The molecule has 0 atom stereocenters. The third-order valence-corrected chi connectivity index (χ3v) is 4.11. The van der Waals surface area contributed by atoms with E-state index in [1.54, 1.807) is 0 Å². The van der Waals surface area contributed by atoms with E-state index in [-0.39, 0.29) is 22.1 Å². The van der Waals surface area contributed by atoms with Gasteiger partial charge in [-0.2, -0.15) is 8.78 Å². The number of primary amides is 1.